The molecule has 6 heteroatoms. The lowest BCUT2D eigenvalue weighted by molar-refractivity contribution is -0.155. The molecule has 1 aromatic rings. The minimum absolute atomic E-state index is 0.0373. The van der Waals surface area contributed by atoms with E-state index in [2.05, 4.69) is 6.92 Å². The first-order valence-corrected chi connectivity index (χ1v) is 7.90. The van der Waals surface area contributed by atoms with Crippen molar-refractivity contribution in [1.29, 1.82) is 0 Å². The molecule has 1 N–H and O–H groups in total. The smallest absolute Gasteiger partial charge is 0.260 e. The third-order valence-corrected chi connectivity index (χ3v) is 4.27. The van der Waals surface area contributed by atoms with Gasteiger partial charge in [0.05, 0.1) is 12.5 Å². The van der Waals surface area contributed by atoms with E-state index < -0.39 is 5.92 Å². The first-order valence-electron chi connectivity index (χ1n) is 7.90. The molecular weight excluding hydrogens is 296 g/mol. The molecule has 23 heavy (non-hydrogen) atoms. The van der Waals surface area contributed by atoms with Crippen LogP contribution in [0.3, 0.4) is 0 Å². The van der Waals surface area contributed by atoms with Gasteiger partial charge in [0.1, 0.15) is 0 Å². The molecule has 1 aliphatic rings. The van der Waals surface area contributed by atoms with Crippen LogP contribution in [-0.2, 0) is 9.59 Å². The van der Waals surface area contributed by atoms with Gasteiger partial charge >= 0.3 is 0 Å². The lowest BCUT2D eigenvalue weighted by atomic mass is 9.90. The van der Waals surface area contributed by atoms with E-state index in [1.807, 2.05) is 6.07 Å². The third kappa shape index (κ3) is 3.96. The van der Waals surface area contributed by atoms with Gasteiger partial charge in [0, 0.05) is 12.1 Å². The lowest BCUT2D eigenvalue weighted by Crippen LogP contribution is -2.36. The number of amides is 3. The predicted molar refractivity (Wildman–Crippen MR) is 83.5 cm³/mol. The van der Waals surface area contributed by atoms with E-state index >= 15 is 0 Å². The monoisotopic (exact) mass is 318 g/mol. The summed E-state index contributed by atoms with van der Waals surface area (Å²) in [5, 5.41) is 9.91. The number of hydrogen-bond acceptors (Lipinski definition) is 4. The summed E-state index contributed by atoms with van der Waals surface area (Å²) in [4.78, 5) is 37.0. The van der Waals surface area contributed by atoms with Crippen LogP contribution in [0.4, 0.5) is 0 Å². The van der Waals surface area contributed by atoms with Crippen LogP contribution >= 0.6 is 0 Å². The number of imide groups is 1. The van der Waals surface area contributed by atoms with Crippen molar-refractivity contribution < 1.29 is 19.6 Å². The second-order valence-corrected chi connectivity index (χ2v) is 5.86. The first kappa shape index (κ1) is 17.1. The Balaban J connectivity index is 2.17. The molecule has 2 unspecified atom stereocenters. The molecule has 0 spiro atoms. The maximum Gasteiger partial charge on any atom is 0.260 e. The summed E-state index contributed by atoms with van der Waals surface area (Å²) in [6, 6.07) is 8.66. The summed E-state index contributed by atoms with van der Waals surface area (Å²) in [5.41, 5.74) is 0.465. The van der Waals surface area contributed by atoms with E-state index in [1.54, 1.807) is 24.3 Å². The Morgan fingerprint density at radius 1 is 1.39 bits per heavy atom. The highest BCUT2D eigenvalue weighted by Gasteiger charge is 2.43. The summed E-state index contributed by atoms with van der Waals surface area (Å²) >= 11 is 0. The van der Waals surface area contributed by atoms with Crippen molar-refractivity contribution in [3.63, 3.8) is 0 Å². The number of likely N-dealkylation sites (tertiary alicyclic amines) is 1. The van der Waals surface area contributed by atoms with Gasteiger partial charge in [0.15, 0.2) is 0 Å². The number of benzene rings is 1. The number of nitrogens with zero attached hydrogens (tertiary/aromatic N) is 2. The van der Waals surface area contributed by atoms with Gasteiger partial charge in [-0.1, -0.05) is 38.0 Å². The molecule has 2 rings (SSSR count). The lowest BCUT2D eigenvalue weighted by Gasteiger charge is -2.18. The SMILES string of the molecule is CCCCC1CN(C(=O)c2ccccc2)C(=O)C1CN(O)C=O. The minimum atomic E-state index is -0.538. The zero-order valence-electron chi connectivity index (χ0n) is 13.2. The van der Waals surface area contributed by atoms with Crippen LogP contribution in [0.5, 0.6) is 0 Å². The maximum atomic E-state index is 12.6. The fourth-order valence-corrected chi connectivity index (χ4v) is 3.00. The molecule has 0 bridgehead atoms. The van der Waals surface area contributed by atoms with Crippen LogP contribution < -0.4 is 0 Å². The summed E-state index contributed by atoms with van der Waals surface area (Å²) in [7, 11) is 0. The Morgan fingerprint density at radius 3 is 2.70 bits per heavy atom. The maximum absolute atomic E-state index is 12.6. The topological polar surface area (TPSA) is 77.9 Å². The first-order chi connectivity index (χ1) is 11.1. The number of carbonyl (C=O) groups excluding carboxylic acids is 3. The summed E-state index contributed by atoms with van der Waals surface area (Å²) < 4.78 is 0. The van der Waals surface area contributed by atoms with Gasteiger partial charge in [-0.3, -0.25) is 24.5 Å². The standard InChI is InChI=1S/C17H22N2O4/c1-2-3-7-14-10-19(16(21)13-8-5-4-6-9-13)17(22)15(14)11-18(23)12-20/h4-6,8-9,12,14-15,23H,2-3,7,10-11H2,1H3. The molecule has 3 amide bonds. The van der Waals surface area contributed by atoms with Crippen molar-refractivity contribution in [3.8, 4) is 0 Å². The van der Waals surface area contributed by atoms with Crippen LogP contribution in [0.15, 0.2) is 30.3 Å². The zero-order valence-corrected chi connectivity index (χ0v) is 13.2. The Kier molecular flexibility index (Phi) is 5.87. The van der Waals surface area contributed by atoms with E-state index in [0.717, 1.165) is 19.3 Å². The van der Waals surface area contributed by atoms with Crippen LogP contribution in [-0.4, -0.2) is 46.5 Å². The molecular formula is C17H22N2O4. The Bertz CT molecular complexity index is 561. The fraction of sp³-hybridized carbons (Fsp3) is 0.471. The van der Waals surface area contributed by atoms with Gasteiger partial charge < -0.3 is 0 Å². The molecule has 0 radical (unpaired) electrons. The van der Waals surface area contributed by atoms with Gasteiger partial charge in [-0.15, -0.1) is 0 Å². The van der Waals surface area contributed by atoms with Crippen LogP contribution in [0.2, 0.25) is 0 Å². The highest BCUT2D eigenvalue weighted by Crippen LogP contribution is 2.30. The van der Waals surface area contributed by atoms with Crippen molar-refractivity contribution in [3.05, 3.63) is 35.9 Å². The molecule has 1 fully saturated rings. The van der Waals surface area contributed by atoms with E-state index in [0.29, 0.717) is 17.2 Å². The molecule has 2 atom stereocenters. The van der Waals surface area contributed by atoms with Crippen molar-refractivity contribution in [1.82, 2.24) is 9.96 Å². The van der Waals surface area contributed by atoms with Crippen LogP contribution in [0.25, 0.3) is 0 Å². The van der Waals surface area contributed by atoms with E-state index in [1.165, 1.54) is 4.90 Å². The highest BCUT2D eigenvalue weighted by atomic mass is 16.5. The second-order valence-electron chi connectivity index (χ2n) is 5.86. The molecule has 1 heterocycles. The highest BCUT2D eigenvalue weighted by molar-refractivity contribution is 6.06. The van der Waals surface area contributed by atoms with Crippen LogP contribution in [0, 0.1) is 11.8 Å². The predicted octanol–water partition coefficient (Wildman–Crippen LogP) is 1.94. The Morgan fingerprint density at radius 2 is 2.09 bits per heavy atom. The average molecular weight is 318 g/mol. The summed E-state index contributed by atoms with van der Waals surface area (Å²) in [6.45, 7) is 2.32. The molecule has 1 aliphatic heterocycles. The zero-order chi connectivity index (χ0) is 16.8. The van der Waals surface area contributed by atoms with E-state index in [9.17, 15) is 19.6 Å². The average Bonchev–Trinajstić information content (AvgIpc) is 2.89. The molecule has 1 aromatic carbocycles. The van der Waals surface area contributed by atoms with Crippen molar-refractivity contribution in [2.75, 3.05) is 13.1 Å². The van der Waals surface area contributed by atoms with Gasteiger partial charge in [0.25, 0.3) is 5.91 Å². The number of unbranched alkanes of at least 4 members (excludes halogenated alkanes) is 1. The normalized spacial score (nSPS) is 20.6. The molecule has 0 aromatic heterocycles. The number of hydrogen-bond donors (Lipinski definition) is 1. The largest absolute Gasteiger partial charge is 0.286 e. The molecule has 1 saturated heterocycles. The van der Waals surface area contributed by atoms with Crippen molar-refractivity contribution >= 4 is 18.2 Å². The Hall–Kier alpha value is -2.21. The number of hydroxylamine groups is 2. The van der Waals surface area contributed by atoms with Gasteiger partial charge in [-0.25, -0.2) is 5.06 Å². The van der Waals surface area contributed by atoms with Gasteiger partial charge in [0.2, 0.25) is 12.3 Å². The minimum Gasteiger partial charge on any atom is -0.286 e. The summed E-state index contributed by atoms with van der Waals surface area (Å²) in [6.07, 6.45) is 3.00. The van der Waals surface area contributed by atoms with Crippen LogP contribution in [0.1, 0.15) is 36.5 Å². The summed E-state index contributed by atoms with van der Waals surface area (Å²) in [5.74, 6) is -1.22. The molecule has 6 nitrogen and oxygen atoms in total. The molecule has 124 valence electrons. The van der Waals surface area contributed by atoms with Gasteiger partial charge in [-0.05, 0) is 24.5 Å². The van der Waals surface area contributed by atoms with Gasteiger partial charge in [-0.2, -0.15) is 0 Å². The van der Waals surface area contributed by atoms with Crippen molar-refractivity contribution in [2.45, 2.75) is 26.2 Å². The Labute approximate surface area is 135 Å². The van der Waals surface area contributed by atoms with E-state index in [-0.39, 0.29) is 30.7 Å². The number of carbonyl (C=O) groups is 3. The third-order valence-electron chi connectivity index (χ3n) is 4.27. The molecule has 0 aliphatic carbocycles. The molecule has 0 saturated carbocycles. The fourth-order valence-electron chi connectivity index (χ4n) is 3.00. The van der Waals surface area contributed by atoms with E-state index in [4.69, 9.17) is 0 Å². The second kappa shape index (κ2) is 7.87. The number of rotatable bonds is 7. The quantitative estimate of drug-likeness (QED) is 0.361. The van der Waals surface area contributed by atoms with Crippen molar-refractivity contribution in [2.24, 2.45) is 11.8 Å².